The molecule has 0 spiro atoms. The first-order valence-corrected chi connectivity index (χ1v) is 8.99. The number of ether oxygens (including phenoxy) is 2. The number of rotatable bonds is 7. The summed E-state index contributed by atoms with van der Waals surface area (Å²) in [6, 6.07) is 3.96. The lowest BCUT2D eigenvalue weighted by molar-refractivity contribution is 0.0789. The lowest BCUT2D eigenvalue weighted by Gasteiger charge is -2.42. The number of aliphatic imine (C=N–C) groups is 1. The van der Waals surface area contributed by atoms with Gasteiger partial charge in [0.05, 0.1) is 35.7 Å². The number of pyridine rings is 1. The molecule has 0 saturated heterocycles. The summed E-state index contributed by atoms with van der Waals surface area (Å²) in [4.78, 5) is 8.76. The minimum atomic E-state index is -0.462. The fraction of sp³-hybridized carbons (Fsp3) is 0.647. The molecule has 0 aromatic carbocycles. The van der Waals surface area contributed by atoms with Gasteiger partial charge in [0.2, 0.25) is 0 Å². The first kappa shape index (κ1) is 18.4. The third kappa shape index (κ3) is 4.32. The normalized spacial score (nSPS) is 25.5. The van der Waals surface area contributed by atoms with Crippen molar-refractivity contribution in [2.75, 3.05) is 33.3 Å². The van der Waals surface area contributed by atoms with Crippen LogP contribution in [0.15, 0.2) is 29.5 Å². The van der Waals surface area contributed by atoms with Gasteiger partial charge in [-0.3, -0.25) is 9.98 Å². The van der Waals surface area contributed by atoms with E-state index in [1.807, 2.05) is 18.3 Å². The third-order valence-corrected chi connectivity index (χ3v) is 5.44. The number of nitrogens with zero attached hydrogens (tertiary/aromatic N) is 2. The molecule has 0 amide bonds. The van der Waals surface area contributed by atoms with Crippen molar-refractivity contribution in [1.29, 1.82) is 0 Å². The second-order valence-electron chi connectivity index (χ2n) is 5.67. The van der Waals surface area contributed by atoms with E-state index >= 15 is 0 Å². The van der Waals surface area contributed by atoms with Crippen LogP contribution in [0.2, 0.25) is 0 Å². The van der Waals surface area contributed by atoms with Gasteiger partial charge in [-0.2, -0.15) is 0 Å². The predicted molar refractivity (Wildman–Crippen MR) is 94.0 cm³/mol. The van der Waals surface area contributed by atoms with Crippen LogP contribution in [0, 0.1) is 0 Å². The molecule has 5 nitrogen and oxygen atoms in total. The maximum absolute atomic E-state index is 10.8. The SMILES string of the molecule is C/N=C(/SCOCCOC)C1(c2cccnc2)CCCCC1O. The fourth-order valence-corrected chi connectivity index (χ4v) is 4.24. The minimum Gasteiger partial charge on any atom is -0.392 e. The zero-order valence-corrected chi connectivity index (χ0v) is 14.7. The van der Waals surface area contributed by atoms with Crippen molar-refractivity contribution in [3.63, 3.8) is 0 Å². The second kappa shape index (κ2) is 9.37. The number of hydrogen-bond acceptors (Lipinski definition) is 6. The zero-order chi connectivity index (χ0) is 16.5. The number of aromatic nitrogens is 1. The van der Waals surface area contributed by atoms with Gasteiger partial charge in [0.15, 0.2) is 0 Å². The van der Waals surface area contributed by atoms with E-state index in [4.69, 9.17) is 9.47 Å². The van der Waals surface area contributed by atoms with E-state index in [0.717, 1.165) is 36.3 Å². The third-order valence-electron chi connectivity index (χ3n) is 4.34. The molecule has 1 heterocycles. The van der Waals surface area contributed by atoms with Crippen LogP contribution < -0.4 is 0 Å². The number of hydrogen-bond donors (Lipinski definition) is 1. The van der Waals surface area contributed by atoms with Gasteiger partial charge in [0, 0.05) is 26.6 Å². The Balaban J connectivity index is 2.19. The molecule has 1 aliphatic carbocycles. The molecule has 1 N–H and O–H groups in total. The second-order valence-corrected chi connectivity index (χ2v) is 6.58. The van der Waals surface area contributed by atoms with Crippen LogP contribution in [0.3, 0.4) is 0 Å². The maximum atomic E-state index is 10.8. The quantitative estimate of drug-likeness (QED) is 0.358. The summed E-state index contributed by atoms with van der Waals surface area (Å²) in [5.41, 5.74) is 0.577. The molecule has 2 rings (SSSR count). The maximum Gasteiger partial charge on any atom is 0.0980 e. The lowest BCUT2D eigenvalue weighted by atomic mass is 9.68. The van der Waals surface area contributed by atoms with Crippen molar-refractivity contribution in [3.8, 4) is 0 Å². The Morgan fingerprint density at radius 2 is 2.35 bits per heavy atom. The van der Waals surface area contributed by atoms with Gasteiger partial charge < -0.3 is 14.6 Å². The highest BCUT2D eigenvalue weighted by Gasteiger charge is 2.46. The number of aliphatic hydroxyl groups is 1. The Morgan fingerprint density at radius 1 is 1.48 bits per heavy atom. The Labute approximate surface area is 142 Å². The van der Waals surface area contributed by atoms with Crippen LogP contribution in [0.4, 0.5) is 0 Å². The average Bonchev–Trinajstić information content (AvgIpc) is 2.60. The van der Waals surface area contributed by atoms with Crippen molar-refractivity contribution >= 4 is 16.8 Å². The van der Waals surface area contributed by atoms with Crippen molar-refractivity contribution in [1.82, 2.24) is 4.98 Å². The molecule has 0 aliphatic heterocycles. The predicted octanol–water partition coefficient (Wildman–Crippen LogP) is 2.64. The first-order valence-electron chi connectivity index (χ1n) is 8.01. The van der Waals surface area contributed by atoms with Crippen molar-refractivity contribution in [2.24, 2.45) is 4.99 Å². The highest BCUT2D eigenvalue weighted by molar-refractivity contribution is 8.14. The molecule has 1 saturated carbocycles. The summed E-state index contributed by atoms with van der Waals surface area (Å²) < 4.78 is 10.6. The van der Waals surface area contributed by atoms with Gasteiger partial charge >= 0.3 is 0 Å². The Bertz CT molecular complexity index is 498. The summed E-state index contributed by atoms with van der Waals surface area (Å²) in [5, 5.41) is 11.8. The molecule has 2 unspecified atom stereocenters. The Morgan fingerprint density at radius 3 is 3.00 bits per heavy atom. The molecule has 128 valence electrons. The van der Waals surface area contributed by atoms with Crippen LogP contribution in [0.5, 0.6) is 0 Å². The number of thioether (sulfide) groups is 1. The monoisotopic (exact) mass is 338 g/mol. The van der Waals surface area contributed by atoms with E-state index in [0.29, 0.717) is 19.2 Å². The van der Waals surface area contributed by atoms with Gasteiger partial charge in [-0.25, -0.2) is 0 Å². The van der Waals surface area contributed by atoms with Crippen molar-refractivity contribution < 1.29 is 14.6 Å². The van der Waals surface area contributed by atoms with Gasteiger partial charge in [-0.1, -0.05) is 30.7 Å². The standard InChI is InChI=1S/C17H26N2O3S/c1-18-16(23-13-22-11-10-21-2)17(8-4-3-7-15(17)20)14-6-5-9-19-12-14/h5-6,9,12,15,20H,3-4,7-8,10-11,13H2,1-2H3/b18-16+. The summed E-state index contributed by atoms with van der Waals surface area (Å²) in [6.45, 7) is 1.14. The highest BCUT2D eigenvalue weighted by atomic mass is 32.2. The molecule has 1 fully saturated rings. The Kier molecular flexibility index (Phi) is 7.49. The molecular formula is C17H26N2O3S. The van der Waals surface area contributed by atoms with Gasteiger partial charge in [0.25, 0.3) is 0 Å². The van der Waals surface area contributed by atoms with E-state index in [9.17, 15) is 5.11 Å². The van der Waals surface area contributed by atoms with Crippen molar-refractivity contribution in [2.45, 2.75) is 37.2 Å². The molecule has 2 atom stereocenters. The van der Waals surface area contributed by atoms with Crippen LogP contribution in [-0.2, 0) is 14.9 Å². The summed E-state index contributed by atoms with van der Waals surface area (Å²) in [6.07, 6.45) is 6.98. The van der Waals surface area contributed by atoms with Gasteiger partial charge in [0.1, 0.15) is 0 Å². The van der Waals surface area contributed by atoms with Crippen LogP contribution in [0.25, 0.3) is 0 Å². The topological polar surface area (TPSA) is 63.9 Å². The molecule has 23 heavy (non-hydrogen) atoms. The van der Waals surface area contributed by atoms with E-state index in [1.165, 1.54) is 0 Å². The minimum absolute atomic E-state index is 0.439. The van der Waals surface area contributed by atoms with E-state index in [1.54, 1.807) is 32.1 Å². The smallest absolute Gasteiger partial charge is 0.0980 e. The number of aliphatic hydroxyl groups excluding tert-OH is 1. The highest BCUT2D eigenvalue weighted by Crippen LogP contribution is 2.43. The van der Waals surface area contributed by atoms with Crippen LogP contribution in [0.1, 0.15) is 31.2 Å². The number of methoxy groups -OCH3 is 1. The molecular weight excluding hydrogens is 312 g/mol. The van der Waals surface area contributed by atoms with Gasteiger partial charge in [-0.05, 0) is 24.5 Å². The Hall–Kier alpha value is -0.950. The molecule has 0 bridgehead atoms. The fourth-order valence-electron chi connectivity index (χ4n) is 3.18. The molecule has 6 heteroatoms. The van der Waals surface area contributed by atoms with Crippen LogP contribution in [-0.4, -0.2) is 54.5 Å². The van der Waals surface area contributed by atoms with Gasteiger partial charge in [-0.15, -0.1) is 0 Å². The summed E-state index contributed by atoms with van der Waals surface area (Å²) in [7, 11) is 3.45. The van der Waals surface area contributed by atoms with Crippen molar-refractivity contribution in [3.05, 3.63) is 30.1 Å². The molecule has 1 aromatic rings. The first-order chi connectivity index (χ1) is 11.3. The zero-order valence-electron chi connectivity index (χ0n) is 13.9. The van der Waals surface area contributed by atoms with Crippen LogP contribution >= 0.6 is 11.8 Å². The lowest BCUT2D eigenvalue weighted by Crippen LogP contribution is -2.48. The largest absolute Gasteiger partial charge is 0.392 e. The molecule has 1 aliphatic rings. The molecule has 0 radical (unpaired) electrons. The average molecular weight is 338 g/mol. The van der Waals surface area contributed by atoms with E-state index in [2.05, 4.69) is 9.98 Å². The van der Waals surface area contributed by atoms with E-state index < -0.39 is 11.5 Å². The summed E-state index contributed by atoms with van der Waals surface area (Å²) >= 11 is 1.56. The molecule has 1 aromatic heterocycles. The summed E-state index contributed by atoms with van der Waals surface area (Å²) in [5.74, 6) is 0.505. The van der Waals surface area contributed by atoms with E-state index in [-0.39, 0.29) is 0 Å².